The topological polar surface area (TPSA) is 237 Å². The molecular weight excluding hydrogens is 1100 g/mol. The third-order valence-corrected chi connectivity index (χ3v) is 16.6. The molecule has 3 N–H and O–H groups in total. The van der Waals surface area contributed by atoms with Gasteiger partial charge in [0.2, 0.25) is 0 Å². The van der Waals surface area contributed by atoms with Gasteiger partial charge in [-0.1, -0.05) is 266 Å². The number of hydrogen-bond acceptors (Lipinski definition) is 15. The Morgan fingerprint density at radius 3 is 0.819 bits per heavy atom. The summed E-state index contributed by atoms with van der Waals surface area (Å²) in [6.07, 6.45) is 39.5. The molecule has 0 bridgehead atoms. The van der Waals surface area contributed by atoms with Crippen LogP contribution in [0.25, 0.3) is 0 Å². The predicted molar refractivity (Wildman–Crippen MR) is 331 cm³/mol. The second kappa shape index (κ2) is 56.6. The molecule has 19 heteroatoms. The number of esters is 4. The van der Waals surface area contributed by atoms with Crippen LogP contribution in [-0.2, 0) is 65.4 Å². The van der Waals surface area contributed by atoms with Crippen LogP contribution in [0.5, 0.6) is 0 Å². The Morgan fingerprint density at radius 2 is 0.554 bits per heavy atom. The van der Waals surface area contributed by atoms with E-state index in [0.29, 0.717) is 25.7 Å². The number of aliphatic hydroxyl groups is 1. The van der Waals surface area contributed by atoms with Gasteiger partial charge in [0.05, 0.1) is 26.4 Å². The van der Waals surface area contributed by atoms with Gasteiger partial charge in [0.1, 0.15) is 19.3 Å². The first-order chi connectivity index (χ1) is 39.9. The average Bonchev–Trinajstić information content (AvgIpc) is 3.49. The molecule has 0 aliphatic rings. The number of phosphoric ester groups is 2. The lowest BCUT2D eigenvalue weighted by Crippen LogP contribution is -2.30. The molecule has 0 amide bonds. The number of carbonyl (C=O) groups is 4. The van der Waals surface area contributed by atoms with Crippen molar-refractivity contribution in [2.45, 2.75) is 336 Å². The number of ether oxygens (including phenoxy) is 4. The summed E-state index contributed by atoms with van der Waals surface area (Å²) in [6, 6.07) is 0. The number of hydrogen-bond donors (Lipinski definition) is 3. The van der Waals surface area contributed by atoms with Crippen LogP contribution in [0, 0.1) is 11.8 Å². The van der Waals surface area contributed by atoms with E-state index in [1.807, 2.05) is 0 Å². The van der Waals surface area contributed by atoms with E-state index >= 15 is 0 Å². The average molecular weight is 1230 g/mol. The molecule has 2 unspecified atom stereocenters. The van der Waals surface area contributed by atoms with Crippen molar-refractivity contribution in [3.05, 3.63) is 0 Å². The third kappa shape index (κ3) is 58.8. The van der Waals surface area contributed by atoms with Crippen LogP contribution in [0.1, 0.15) is 318 Å². The Morgan fingerprint density at radius 1 is 0.325 bits per heavy atom. The smallest absolute Gasteiger partial charge is 0.462 e. The minimum Gasteiger partial charge on any atom is -0.462 e. The van der Waals surface area contributed by atoms with Crippen molar-refractivity contribution in [3.63, 3.8) is 0 Å². The van der Waals surface area contributed by atoms with Crippen LogP contribution in [0.3, 0.4) is 0 Å². The maximum absolute atomic E-state index is 13.0. The monoisotopic (exact) mass is 1230 g/mol. The summed E-state index contributed by atoms with van der Waals surface area (Å²) in [5.41, 5.74) is 0. The fourth-order valence-corrected chi connectivity index (χ4v) is 11.1. The highest BCUT2D eigenvalue weighted by atomic mass is 31.2. The SMILES string of the molecule is CCCCCCCCCC(=O)O[C@H](COC(=O)CCCCCCC)COP(=O)(O)OC[C@H](O)COP(=O)(O)OC[C@@H](COC(=O)CCCCCCCCCCCCCC(C)C)OC(=O)CCCCCCCCCCCCCCCCC(C)C. The number of rotatable bonds is 63. The Balaban J connectivity index is 5.14. The lowest BCUT2D eigenvalue weighted by molar-refractivity contribution is -0.161. The zero-order valence-corrected chi connectivity index (χ0v) is 55.3. The zero-order valence-electron chi connectivity index (χ0n) is 53.5. The Kier molecular flexibility index (Phi) is 55.2. The van der Waals surface area contributed by atoms with Gasteiger partial charge in [-0.2, -0.15) is 0 Å². The summed E-state index contributed by atoms with van der Waals surface area (Å²) < 4.78 is 67.7. The number of unbranched alkanes of at least 4 members (excludes halogenated alkanes) is 33. The van der Waals surface area contributed by atoms with E-state index in [9.17, 15) is 43.2 Å². The first-order valence-corrected chi connectivity index (χ1v) is 36.5. The van der Waals surface area contributed by atoms with Crippen LogP contribution in [0.2, 0.25) is 0 Å². The van der Waals surface area contributed by atoms with Crippen LogP contribution in [0.4, 0.5) is 0 Å². The van der Waals surface area contributed by atoms with Crippen LogP contribution >= 0.6 is 15.6 Å². The fraction of sp³-hybridized carbons (Fsp3) is 0.938. The highest BCUT2D eigenvalue weighted by Gasteiger charge is 2.30. The molecule has 0 aromatic carbocycles. The highest BCUT2D eigenvalue weighted by molar-refractivity contribution is 7.47. The van der Waals surface area contributed by atoms with E-state index < -0.39 is 97.5 Å². The number of carbonyl (C=O) groups excluding carboxylic acids is 4. The Bertz CT molecular complexity index is 1630. The third-order valence-electron chi connectivity index (χ3n) is 14.7. The van der Waals surface area contributed by atoms with E-state index in [4.69, 9.17) is 37.0 Å². The van der Waals surface area contributed by atoms with Crippen LogP contribution < -0.4 is 0 Å². The molecule has 0 saturated carbocycles. The van der Waals surface area contributed by atoms with Crippen molar-refractivity contribution in [2.75, 3.05) is 39.6 Å². The highest BCUT2D eigenvalue weighted by Crippen LogP contribution is 2.45. The largest absolute Gasteiger partial charge is 0.472 e. The van der Waals surface area contributed by atoms with E-state index in [1.54, 1.807) is 0 Å². The number of phosphoric acid groups is 2. The first kappa shape index (κ1) is 81.1. The maximum Gasteiger partial charge on any atom is 0.472 e. The molecule has 0 aliphatic carbocycles. The summed E-state index contributed by atoms with van der Waals surface area (Å²) in [6.45, 7) is 9.39. The molecule has 0 spiro atoms. The normalized spacial score (nSPS) is 14.3. The minimum absolute atomic E-state index is 0.103. The molecular formula is C64H124O17P2. The van der Waals surface area contributed by atoms with Crippen molar-refractivity contribution in [3.8, 4) is 0 Å². The minimum atomic E-state index is -4.94. The molecule has 0 aromatic rings. The summed E-state index contributed by atoms with van der Waals surface area (Å²) in [4.78, 5) is 71.8. The Labute approximate surface area is 505 Å². The lowest BCUT2D eigenvalue weighted by atomic mass is 10.0. The van der Waals surface area contributed by atoms with Gasteiger partial charge in [-0.3, -0.25) is 37.3 Å². The van der Waals surface area contributed by atoms with Crippen molar-refractivity contribution >= 4 is 39.5 Å². The van der Waals surface area contributed by atoms with Gasteiger partial charge in [-0.15, -0.1) is 0 Å². The van der Waals surface area contributed by atoms with Gasteiger partial charge in [0, 0.05) is 25.7 Å². The molecule has 0 aliphatic heterocycles. The molecule has 83 heavy (non-hydrogen) atoms. The molecule has 492 valence electrons. The molecule has 0 heterocycles. The quantitative estimate of drug-likeness (QED) is 0.0222. The van der Waals surface area contributed by atoms with E-state index in [2.05, 4.69) is 41.5 Å². The second-order valence-corrected chi connectivity index (χ2v) is 27.0. The molecule has 5 atom stereocenters. The van der Waals surface area contributed by atoms with Gasteiger partial charge in [-0.25, -0.2) is 9.13 Å². The van der Waals surface area contributed by atoms with Crippen molar-refractivity contribution < 1.29 is 80.2 Å². The van der Waals surface area contributed by atoms with Gasteiger partial charge in [0.15, 0.2) is 12.2 Å². The molecule has 0 aromatic heterocycles. The molecule has 0 rings (SSSR count). The lowest BCUT2D eigenvalue weighted by Gasteiger charge is -2.21. The predicted octanol–water partition coefficient (Wildman–Crippen LogP) is 17.7. The van der Waals surface area contributed by atoms with E-state index in [-0.39, 0.29) is 25.7 Å². The standard InChI is InChI=1S/C64H124O17P2/c1-7-9-11-13-27-36-42-48-63(68)80-59(52-74-61(66)46-40-32-12-10-8-2)54-78-82(70,71)76-50-58(65)51-77-83(72,73)79-55-60(53-75-62(67)47-41-35-30-25-22-18-20-24-29-34-39-45-57(5)6)81-64(69)49-43-37-31-26-21-17-15-14-16-19-23-28-33-38-44-56(3)4/h56-60,65H,7-55H2,1-6H3,(H,70,71)(H,72,73)/t58-,59+,60+/m0/s1. The maximum atomic E-state index is 13.0. The fourth-order valence-electron chi connectivity index (χ4n) is 9.53. The van der Waals surface area contributed by atoms with E-state index in [0.717, 1.165) is 121 Å². The summed E-state index contributed by atoms with van der Waals surface area (Å²) in [5, 5.41) is 10.5. The first-order valence-electron chi connectivity index (χ1n) is 33.5. The van der Waals surface area contributed by atoms with Crippen molar-refractivity contribution in [1.82, 2.24) is 0 Å². The summed E-state index contributed by atoms with van der Waals surface area (Å²) in [7, 11) is -9.87. The molecule has 0 saturated heterocycles. The van der Waals surface area contributed by atoms with Gasteiger partial charge in [0.25, 0.3) is 0 Å². The van der Waals surface area contributed by atoms with Crippen molar-refractivity contribution in [2.24, 2.45) is 11.8 Å². The summed E-state index contributed by atoms with van der Waals surface area (Å²) >= 11 is 0. The van der Waals surface area contributed by atoms with Gasteiger partial charge < -0.3 is 33.8 Å². The van der Waals surface area contributed by atoms with Gasteiger partial charge >= 0.3 is 39.5 Å². The molecule has 0 fully saturated rings. The van der Waals surface area contributed by atoms with Crippen molar-refractivity contribution in [1.29, 1.82) is 0 Å². The number of aliphatic hydroxyl groups excluding tert-OH is 1. The van der Waals surface area contributed by atoms with Crippen LogP contribution in [0.15, 0.2) is 0 Å². The molecule has 17 nitrogen and oxygen atoms in total. The second-order valence-electron chi connectivity index (χ2n) is 24.1. The van der Waals surface area contributed by atoms with E-state index in [1.165, 1.54) is 116 Å². The summed E-state index contributed by atoms with van der Waals surface area (Å²) in [5.74, 6) is -0.582. The molecule has 0 radical (unpaired) electrons. The Hall–Kier alpha value is -1.94. The zero-order chi connectivity index (χ0) is 61.5. The van der Waals surface area contributed by atoms with Gasteiger partial charge in [-0.05, 0) is 37.5 Å². The van der Waals surface area contributed by atoms with Crippen LogP contribution in [-0.4, -0.2) is 96.7 Å².